The molecule has 0 unspecified atom stereocenters. The van der Waals surface area contributed by atoms with Crippen LogP contribution in [-0.2, 0) is 0 Å². The van der Waals surface area contributed by atoms with Crippen molar-refractivity contribution in [1.82, 2.24) is 14.9 Å². The summed E-state index contributed by atoms with van der Waals surface area (Å²) >= 11 is 0. The van der Waals surface area contributed by atoms with Gasteiger partial charge in [-0.1, -0.05) is 6.92 Å². The van der Waals surface area contributed by atoms with Crippen molar-refractivity contribution in [2.45, 2.75) is 32.2 Å². The number of aromatic nitrogens is 2. The normalized spacial score (nSPS) is 17.4. The minimum absolute atomic E-state index is 0.588. The van der Waals surface area contributed by atoms with Crippen molar-refractivity contribution in [2.24, 2.45) is 0 Å². The molecule has 19 heavy (non-hydrogen) atoms. The zero-order valence-electron chi connectivity index (χ0n) is 12.3. The molecule has 1 fully saturated rings. The van der Waals surface area contributed by atoms with Crippen LogP contribution in [0.1, 0.15) is 26.2 Å². The van der Waals surface area contributed by atoms with Crippen LogP contribution < -0.4 is 10.2 Å². The summed E-state index contributed by atoms with van der Waals surface area (Å²) in [6.45, 7) is 5.39. The maximum Gasteiger partial charge on any atom is 0.224 e. The highest BCUT2D eigenvalue weighted by Gasteiger charge is 2.21. The first-order valence-corrected chi connectivity index (χ1v) is 7.19. The summed E-state index contributed by atoms with van der Waals surface area (Å²) in [5.74, 6) is 1.75. The standard InChI is InChI=1S/C14H25N5/c1-4-8-15-14-16-9-5-13(17-14)19(3)12-6-10-18(2)11-7-12/h5,9,12H,4,6-8,10-11H2,1-3H3,(H,15,16,17). The van der Waals surface area contributed by atoms with Gasteiger partial charge in [-0.05, 0) is 45.5 Å². The Morgan fingerprint density at radius 1 is 1.42 bits per heavy atom. The molecule has 1 aliphatic rings. The van der Waals surface area contributed by atoms with Crippen molar-refractivity contribution in [3.05, 3.63) is 12.3 Å². The number of hydrogen-bond donors (Lipinski definition) is 1. The highest BCUT2D eigenvalue weighted by molar-refractivity contribution is 5.42. The Morgan fingerprint density at radius 2 is 2.16 bits per heavy atom. The van der Waals surface area contributed by atoms with Crippen LogP contribution in [0.15, 0.2) is 12.3 Å². The van der Waals surface area contributed by atoms with Gasteiger partial charge in [0.05, 0.1) is 0 Å². The van der Waals surface area contributed by atoms with Gasteiger partial charge in [0, 0.05) is 25.8 Å². The molecule has 0 saturated carbocycles. The van der Waals surface area contributed by atoms with Crippen molar-refractivity contribution in [2.75, 3.05) is 43.9 Å². The number of anilines is 2. The van der Waals surface area contributed by atoms with Crippen LogP contribution in [0.25, 0.3) is 0 Å². The molecule has 1 aromatic heterocycles. The average molecular weight is 263 g/mol. The first-order valence-electron chi connectivity index (χ1n) is 7.19. The van der Waals surface area contributed by atoms with E-state index < -0.39 is 0 Å². The topological polar surface area (TPSA) is 44.3 Å². The van der Waals surface area contributed by atoms with Gasteiger partial charge in [-0.3, -0.25) is 0 Å². The number of rotatable bonds is 5. The lowest BCUT2D eigenvalue weighted by atomic mass is 10.0. The average Bonchev–Trinajstić information content (AvgIpc) is 2.45. The highest BCUT2D eigenvalue weighted by atomic mass is 15.2. The molecule has 0 bridgehead atoms. The summed E-state index contributed by atoms with van der Waals surface area (Å²) < 4.78 is 0. The lowest BCUT2D eigenvalue weighted by molar-refractivity contribution is 0.252. The molecule has 0 atom stereocenters. The van der Waals surface area contributed by atoms with E-state index in [2.05, 4.69) is 46.1 Å². The Kier molecular flexibility index (Phi) is 4.96. The van der Waals surface area contributed by atoms with Gasteiger partial charge < -0.3 is 15.1 Å². The molecule has 0 spiro atoms. The molecule has 1 aromatic rings. The second-order valence-electron chi connectivity index (χ2n) is 5.31. The molecule has 1 saturated heterocycles. The summed E-state index contributed by atoms with van der Waals surface area (Å²) in [4.78, 5) is 13.5. The lowest BCUT2D eigenvalue weighted by Gasteiger charge is -2.35. The van der Waals surface area contributed by atoms with Crippen molar-refractivity contribution in [3.8, 4) is 0 Å². The molecule has 5 heteroatoms. The van der Waals surface area contributed by atoms with E-state index in [0.29, 0.717) is 6.04 Å². The first kappa shape index (κ1) is 14.1. The van der Waals surface area contributed by atoms with Gasteiger partial charge in [0.1, 0.15) is 5.82 Å². The second kappa shape index (κ2) is 6.70. The maximum atomic E-state index is 4.59. The van der Waals surface area contributed by atoms with Crippen LogP contribution in [-0.4, -0.2) is 54.6 Å². The van der Waals surface area contributed by atoms with Crippen LogP contribution in [0.3, 0.4) is 0 Å². The Balaban J connectivity index is 1.99. The minimum Gasteiger partial charge on any atom is -0.356 e. The van der Waals surface area contributed by atoms with Crippen LogP contribution in [0.4, 0.5) is 11.8 Å². The van der Waals surface area contributed by atoms with Gasteiger partial charge in [0.25, 0.3) is 0 Å². The van der Waals surface area contributed by atoms with E-state index in [1.165, 1.54) is 25.9 Å². The number of nitrogens with one attached hydrogen (secondary N) is 1. The molecule has 1 aliphatic heterocycles. The monoisotopic (exact) mass is 263 g/mol. The zero-order chi connectivity index (χ0) is 13.7. The fourth-order valence-electron chi connectivity index (χ4n) is 2.44. The number of likely N-dealkylation sites (tertiary alicyclic amines) is 1. The lowest BCUT2D eigenvalue weighted by Crippen LogP contribution is -2.42. The van der Waals surface area contributed by atoms with Crippen molar-refractivity contribution in [3.63, 3.8) is 0 Å². The van der Waals surface area contributed by atoms with E-state index in [9.17, 15) is 0 Å². The largest absolute Gasteiger partial charge is 0.356 e. The van der Waals surface area contributed by atoms with E-state index in [4.69, 9.17) is 0 Å². The Labute approximate surface area is 116 Å². The van der Waals surface area contributed by atoms with Gasteiger partial charge >= 0.3 is 0 Å². The molecule has 0 radical (unpaired) electrons. The summed E-state index contributed by atoms with van der Waals surface area (Å²) in [6.07, 6.45) is 5.33. The van der Waals surface area contributed by atoms with Gasteiger partial charge in [0.2, 0.25) is 5.95 Å². The third-order valence-corrected chi connectivity index (χ3v) is 3.77. The summed E-state index contributed by atoms with van der Waals surface area (Å²) in [6, 6.07) is 2.58. The predicted molar refractivity (Wildman–Crippen MR) is 79.7 cm³/mol. The molecule has 5 nitrogen and oxygen atoms in total. The second-order valence-corrected chi connectivity index (χ2v) is 5.31. The van der Waals surface area contributed by atoms with Gasteiger partial charge in [0.15, 0.2) is 0 Å². The molecule has 0 aromatic carbocycles. The molecule has 106 valence electrons. The number of hydrogen-bond acceptors (Lipinski definition) is 5. The van der Waals surface area contributed by atoms with Crippen LogP contribution >= 0.6 is 0 Å². The third kappa shape index (κ3) is 3.80. The molecule has 2 heterocycles. The number of nitrogens with zero attached hydrogens (tertiary/aromatic N) is 4. The van der Waals surface area contributed by atoms with Crippen molar-refractivity contribution in [1.29, 1.82) is 0 Å². The van der Waals surface area contributed by atoms with Gasteiger partial charge in [-0.2, -0.15) is 4.98 Å². The van der Waals surface area contributed by atoms with Crippen LogP contribution in [0.5, 0.6) is 0 Å². The summed E-state index contributed by atoms with van der Waals surface area (Å²) in [7, 11) is 4.33. The molecule has 1 N–H and O–H groups in total. The maximum absolute atomic E-state index is 4.59. The molecular weight excluding hydrogens is 238 g/mol. The molecular formula is C14H25N5. The zero-order valence-corrected chi connectivity index (χ0v) is 12.3. The van der Waals surface area contributed by atoms with Gasteiger partial charge in [-0.15, -0.1) is 0 Å². The fourth-order valence-corrected chi connectivity index (χ4v) is 2.44. The Morgan fingerprint density at radius 3 is 2.84 bits per heavy atom. The molecule has 0 aliphatic carbocycles. The van der Waals surface area contributed by atoms with Crippen LogP contribution in [0, 0.1) is 0 Å². The fraction of sp³-hybridized carbons (Fsp3) is 0.714. The summed E-state index contributed by atoms with van der Waals surface area (Å²) in [5.41, 5.74) is 0. The van der Waals surface area contributed by atoms with E-state index in [-0.39, 0.29) is 0 Å². The van der Waals surface area contributed by atoms with Crippen LogP contribution in [0.2, 0.25) is 0 Å². The van der Waals surface area contributed by atoms with E-state index in [1.807, 2.05) is 12.3 Å². The molecule has 0 amide bonds. The van der Waals surface area contributed by atoms with Crippen molar-refractivity contribution >= 4 is 11.8 Å². The molecule has 2 rings (SSSR count). The Bertz CT molecular complexity index is 387. The highest BCUT2D eigenvalue weighted by Crippen LogP contribution is 2.20. The quantitative estimate of drug-likeness (QED) is 0.878. The van der Waals surface area contributed by atoms with E-state index >= 15 is 0 Å². The van der Waals surface area contributed by atoms with E-state index in [1.54, 1.807) is 0 Å². The Hall–Kier alpha value is -1.36. The minimum atomic E-state index is 0.588. The third-order valence-electron chi connectivity index (χ3n) is 3.77. The number of piperidine rings is 1. The van der Waals surface area contributed by atoms with E-state index in [0.717, 1.165) is 24.7 Å². The first-order chi connectivity index (χ1) is 9.20. The predicted octanol–water partition coefficient (Wildman–Crippen LogP) is 1.83. The van der Waals surface area contributed by atoms with Gasteiger partial charge in [-0.25, -0.2) is 4.98 Å². The SMILES string of the molecule is CCCNc1nccc(N(C)C2CCN(C)CC2)n1. The smallest absolute Gasteiger partial charge is 0.224 e. The van der Waals surface area contributed by atoms with Crippen molar-refractivity contribution < 1.29 is 0 Å². The summed E-state index contributed by atoms with van der Waals surface area (Å²) in [5, 5.41) is 3.24.